The predicted molar refractivity (Wildman–Crippen MR) is 103 cm³/mol. The monoisotopic (exact) mass is 357 g/mol. The Morgan fingerprint density at radius 1 is 1.04 bits per heavy atom. The standard InChI is InChI=1S/C21H31N3O2/c22-18-6-4-5-16-13-20(25)19(14-17(16)18)23-11-7-15(8-12-23)21(26)24-9-2-1-3-10-24/h4-6,15,19-20,25H,1-3,7-14,22H2/t19-,20-/m1/s1. The molecular weight excluding hydrogens is 326 g/mol. The van der Waals surface area contributed by atoms with Gasteiger partial charge >= 0.3 is 0 Å². The predicted octanol–water partition coefficient (Wildman–Crippen LogP) is 1.82. The minimum atomic E-state index is -0.348. The molecule has 2 heterocycles. The smallest absolute Gasteiger partial charge is 0.225 e. The maximum Gasteiger partial charge on any atom is 0.225 e. The normalized spacial score (nSPS) is 28.0. The Morgan fingerprint density at radius 2 is 1.77 bits per heavy atom. The van der Waals surface area contributed by atoms with Crippen LogP contribution >= 0.6 is 0 Å². The van der Waals surface area contributed by atoms with Crippen molar-refractivity contribution in [3.63, 3.8) is 0 Å². The molecule has 0 spiro atoms. The van der Waals surface area contributed by atoms with Crippen molar-refractivity contribution < 1.29 is 9.90 Å². The van der Waals surface area contributed by atoms with Crippen molar-refractivity contribution >= 4 is 11.6 Å². The molecule has 5 heteroatoms. The molecule has 26 heavy (non-hydrogen) atoms. The van der Waals surface area contributed by atoms with Crippen LogP contribution in [-0.2, 0) is 17.6 Å². The summed E-state index contributed by atoms with van der Waals surface area (Å²) in [5, 5.41) is 10.7. The number of hydrogen-bond acceptors (Lipinski definition) is 4. The summed E-state index contributed by atoms with van der Waals surface area (Å²) < 4.78 is 0. The topological polar surface area (TPSA) is 69.8 Å². The van der Waals surface area contributed by atoms with Gasteiger partial charge in [-0.15, -0.1) is 0 Å². The second-order valence-corrected chi connectivity index (χ2v) is 8.22. The van der Waals surface area contributed by atoms with Crippen LogP contribution in [0.4, 0.5) is 5.69 Å². The van der Waals surface area contributed by atoms with Gasteiger partial charge < -0.3 is 15.7 Å². The summed E-state index contributed by atoms with van der Waals surface area (Å²) in [6.07, 6.45) is 6.53. The Kier molecular flexibility index (Phi) is 5.18. The van der Waals surface area contributed by atoms with E-state index in [-0.39, 0.29) is 18.1 Å². The van der Waals surface area contributed by atoms with Crippen molar-refractivity contribution in [2.45, 2.75) is 57.1 Å². The van der Waals surface area contributed by atoms with E-state index in [4.69, 9.17) is 5.73 Å². The van der Waals surface area contributed by atoms with Gasteiger partial charge in [0, 0.05) is 37.2 Å². The van der Waals surface area contributed by atoms with Crippen molar-refractivity contribution in [2.75, 3.05) is 31.9 Å². The molecule has 2 saturated heterocycles. The molecule has 5 nitrogen and oxygen atoms in total. The number of nitrogens with zero attached hydrogens (tertiary/aromatic N) is 2. The lowest BCUT2D eigenvalue weighted by Gasteiger charge is -2.42. The van der Waals surface area contributed by atoms with Gasteiger partial charge in [-0.3, -0.25) is 9.69 Å². The molecule has 0 aromatic heterocycles. The third-order valence-electron chi connectivity index (χ3n) is 6.61. The van der Waals surface area contributed by atoms with Crippen LogP contribution in [0, 0.1) is 5.92 Å². The summed E-state index contributed by atoms with van der Waals surface area (Å²) in [4.78, 5) is 17.2. The molecule has 4 rings (SSSR count). The van der Waals surface area contributed by atoms with Crippen molar-refractivity contribution in [1.29, 1.82) is 0 Å². The number of piperidine rings is 2. The molecule has 3 N–H and O–H groups in total. The molecular formula is C21H31N3O2. The van der Waals surface area contributed by atoms with Crippen LogP contribution in [0.2, 0.25) is 0 Å². The third-order valence-corrected chi connectivity index (χ3v) is 6.61. The molecule has 2 fully saturated rings. The van der Waals surface area contributed by atoms with Crippen LogP contribution in [0.1, 0.15) is 43.2 Å². The first kappa shape index (κ1) is 17.8. The van der Waals surface area contributed by atoms with Crippen LogP contribution in [0.25, 0.3) is 0 Å². The average molecular weight is 357 g/mol. The van der Waals surface area contributed by atoms with Gasteiger partial charge in [-0.05, 0) is 68.8 Å². The summed E-state index contributed by atoms with van der Waals surface area (Å²) in [7, 11) is 0. The molecule has 0 unspecified atom stereocenters. The lowest BCUT2D eigenvalue weighted by Crippen LogP contribution is -2.52. The fourth-order valence-corrected chi connectivity index (χ4v) is 5.02. The van der Waals surface area contributed by atoms with E-state index in [0.717, 1.165) is 64.0 Å². The van der Waals surface area contributed by atoms with E-state index in [1.807, 2.05) is 12.1 Å². The van der Waals surface area contributed by atoms with Gasteiger partial charge in [-0.25, -0.2) is 0 Å². The van der Waals surface area contributed by atoms with Crippen molar-refractivity contribution in [2.24, 2.45) is 5.92 Å². The fraction of sp³-hybridized carbons (Fsp3) is 0.667. The van der Waals surface area contributed by atoms with Gasteiger partial charge in [0.25, 0.3) is 0 Å². The minimum absolute atomic E-state index is 0.123. The maximum atomic E-state index is 12.8. The quantitative estimate of drug-likeness (QED) is 0.792. The van der Waals surface area contributed by atoms with E-state index in [9.17, 15) is 9.90 Å². The molecule has 1 aliphatic carbocycles. The molecule has 142 valence electrons. The van der Waals surface area contributed by atoms with E-state index >= 15 is 0 Å². The summed E-state index contributed by atoms with van der Waals surface area (Å²) in [6, 6.07) is 6.13. The first-order valence-electron chi connectivity index (χ1n) is 10.2. The number of hydrogen-bond donors (Lipinski definition) is 2. The summed E-state index contributed by atoms with van der Waals surface area (Å²) >= 11 is 0. The van der Waals surface area contributed by atoms with Crippen LogP contribution in [0.15, 0.2) is 18.2 Å². The number of fused-ring (bicyclic) bond motifs is 1. The van der Waals surface area contributed by atoms with Gasteiger partial charge in [0.1, 0.15) is 0 Å². The molecule has 0 saturated carbocycles. The SMILES string of the molecule is Nc1cccc2c1C[C@@H](N1CCC(C(=O)N3CCCCC3)CC1)[C@H](O)C2. The second-order valence-electron chi connectivity index (χ2n) is 8.22. The highest BCUT2D eigenvalue weighted by molar-refractivity contribution is 5.79. The Hall–Kier alpha value is -1.59. The number of carbonyl (C=O) groups excluding carboxylic acids is 1. The largest absolute Gasteiger partial charge is 0.398 e. The number of amides is 1. The molecule has 2 atom stereocenters. The van der Waals surface area contributed by atoms with Crippen LogP contribution < -0.4 is 5.73 Å². The molecule has 0 radical (unpaired) electrons. The summed E-state index contributed by atoms with van der Waals surface area (Å²) in [5.41, 5.74) is 9.40. The molecule has 0 bridgehead atoms. The van der Waals surface area contributed by atoms with E-state index in [2.05, 4.69) is 15.9 Å². The first-order valence-corrected chi connectivity index (χ1v) is 10.2. The average Bonchev–Trinajstić information content (AvgIpc) is 2.68. The van der Waals surface area contributed by atoms with Crippen molar-refractivity contribution in [3.8, 4) is 0 Å². The first-order chi connectivity index (χ1) is 12.6. The number of carbonyl (C=O) groups is 1. The zero-order chi connectivity index (χ0) is 18.1. The zero-order valence-electron chi connectivity index (χ0n) is 15.6. The second kappa shape index (κ2) is 7.57. The van der Waals surface area contributed by atoms with E-state index in [1.165, 1.54) is 17.5 Å². The number of aliphatic hydroxyl groups excluding tert-OH is 1. The van der Waals surface area contributed by atoms with E-state index in [1.54, 1.807) is 0 Å². The van der Waals surface area contributed by atoms with Crippen molar-refractivity contribution in [3.05, 3.63) is 29.3 Å². The van der Waals surface area contributed by atoms with Gasteiger partial charge in [0.15, 0.2) is 0 Å². The van der Waals surface area contributed by atoms with Crippen LogP contribution in [-0.4, -0.2) is 59.1 Å². The fourth-order valence-electron chi connectivity index (χ4n) is 5.02. The van der Waals surface area contributed by atoms with Crippen molar-refractivity contribution in [1.82, 2.24) is 9.80 Å². The minimum Gasteiger partial charge on any atom is -0.398 e. The van der Waals surface area contributed by atoms with E-state index in [0.29, 0.717) is 12.3 Å². The third kappa shape index (κ3) is 3.47. The maximum absolute atomic E-state index is 12.8. The molecule has 3 aliphatic rings. The Labute approximate surface area is 156 Å². The van der Waals surface area contributed by atoms with Gasteiger partial charge in [-0.1, -0.05) is 12.1 Å². The van der Waals surface area contributed by atoms with Gasteiger partial charge in [0.2, 0.25) is 5.91 Å². The zero-order valence-corrected chi connectivity index (χ0v) is 15.6. The summed E-state index contributed by atoms with van der Waals surface area (Å²) in [6.45, 7) is 3.68. The Morgan fingerprint density at radius 3 is 2.50 bits per heavy atom. The number of likely N-dealkylation sites (tertiary alicyclic amines) is 2. The Bertz CT molecular complexity index is 649. The highest BCUT2D eigenvalue weighted by Gasteiger charge is 2.36. The molecule has 1 amide bonds. The number of aliphatic hydroxyl groups is 1. The molecule has 1 aromatic rings. The highest BCUT2D eigenvalue weighted by Crippen LogP contribution is 2.31. The molecule has 2 aliphatic heterocycles. The Balaban J connectivity index is 1.37. The van der Waals surface area contributed by atoms with Crippen LogP contribution in [0.5, 0.6) is 0 Å². The number of benzene rings is 1. The summed E-state index contributed by atoms with van der Waals surface area (Å²) in [5.74, 6) is 0.533. The number of rotatable bonds is 2. The number of nitrogen functional groups attached to an aromatic ring is 1. The number of anilines is 1. The van der Waals surface area contributed by atoms with Gasteiger partial charge in [-0.2, -0.15) is 0 Å². The number of nitrogens with two attached hydrogens (primary N) is 1. The lowest BCUT2D eigenvalue weighted by atomic mass is 9.83. The van der Waals surface area contributed by atoms with Gasteiger partial charge in [0.05, 0.1) is 6.10 Å². The molecule has 1 aromatic carbocycles. The van der Waals surface area contributed by atoms with Crippen LogP contribution in [0.3, 0.4) is 0 Å². The lowest BCUT2D eigenvalue weighted by molar-refractivity contribution is -0.138. The van der Waals surface area contributed by atoms with E-state index < -0.39 is 0 Å². The highest BCUT2D eigenvalue weighted by atomic mass is 16.3.